The summed E-state index contributed by atoms with van der Waals surface area (Å²) in [4.78, 5) is 15.6. The molecular formula is C17H16N2O2. The van der Waals surface area contributed by atoms with E-state index in [9.17, 15) is 4.79 Å². The summed E-state index contributed by atoms with van der Waals surface area (Å²) in [6.07, 6.45) is 1.83. The summed E-state index contributed by atoms with van der Waals surface area (Å²) in [6, 6.07) is 13.1. The summed E-state index contributed by atoms with van der Waals surface area (Å²) in [7, 11) is 1.62. The molecule has 0 spiro atoms. The molecule has 0 saturated carbocycles. The molecule has 1 heterocycles. The Morgan fingerprint density at radius 2 is 2.05 bits per heavy atom. The SMILES string of the molecule is COc1ccc(NC(=O)c2cccc3[nH]ccc23)c(C)c1. The largest absolute Gasteiger partial charge is 0.497 e. The molecule has 0 radical (unpaired) electrons. The van der Waals surface area contributed by atoms with Crippen LogP contribution in [0.25, 0.3) is 10.9 Å². The number of hydrogen-bond acceptors (Lipinski definition) is 2. The van der Waals surface area contributed by atoms with Crippen molar-refractivity contribution in [1.29, 1.82) is 0 Å². The number of H-pyrrole nitrogens is 1. The summed E-state index contributed by atoms with van der Waals surface area (Å²) >= 11 is 0. The molecule has 0 aliphatic carbocycles. The Kier molecular flexibility index (Phi) is 3.36. The Labute approximate surface area is 122 Å². The van der Waals surface area contributed by atoms with Gasteiger partial charge in [0.25, 0.3) is 5.91 Å². The number of benzene rings is 2. The lowest BCUT2D eigenvalue weighted by molar-refractivity contribution is 0.102. The Morgan fingerprint density at radius 3 is 2.81 bits per heavy atom. The first-order valence-corrected chi connectivity index (χ1v) is 6.71. The van der Waals surface area contributed by atoms with Gasteiger partial charge in [0.05, 0.1) is 7.11 Å². The molecule has 2 aromatic carbocycles. The molecule has 1 amide bonds. The molecular weight excluding hydrogens is 264 g/mol. The molecule has 21 heavy (non-hydrogen) atoms. The van der Waals surface area contributed by atoms with Gasteiger partial charge in [0.1, 0.15) is 5.75 Å². The van der Waals surface area contributed by atoms with Crippen LogP contribution >= 0.6 is 0 Å². The molecule has 0 saturated heterocycles. The van der Waals surface area contributed by atoms with Gasteiger partial charge in [0.15, 0.2) is 0 Å². The number of fused-ring (bicyclic) bond motifs is 1. The second-order valence-corrected chi connectivity index (χ2v) is 4.88. The average Bonchev–Trinajstić information content (AvgIpc) is 2.97. The smallest absolute Gasteiger partial charge is 0.256 e. The Hall–Kier alpha value is -2.75. The van der Waals surface area contributed by atoms with Crippen LogP contribution < -0.4 is 10.1 Å². The van der Waals surface area contributed by atoms with Gasteiger partial charge in [0, 0.05) is 28.4 Å². The van der Waals surface area contributed by atoms with Crippen LogP contribution in [0.5, 0.6) is 5.75 Å². The maximum absolute atomic E-state index is 12.5. The predicted molar refractivity (Wildman–Crippen MR) is 84.0 cm³/mol. The van der Waals surface area contributed by atoms with Crippen LogP contribution in [-0.2, 0) is 0 Å². The average molecular weight is 280 g/mol. The third-order valence-electron chi connectivity index (χ3n) is 3.52. The van der Waals surface area contributed by atoms with E-state index in [0.717, 1.165) is 27.9 Å². The molecule has 1 aromatic heterocycles. The lowest BCUT2D eigenvalue weighted by Gasteiger charge is -2.10. The molecule has 4 heteroatoms. The summed E-state index contributed by atoms with van der Waals surface area (Å²) in [5.41, 5.74) is 3.36. The summed E-state index contributed by atoms with van der Waals surface area (Å²) in [6.45, 7) is 1.94. The Bertz CT molecular complexity index is 805. The fourth-order valence-corrected chi connectivity index (χ4v) is 2.38. The highest BCUT2D eigenvalue weighted by Gasteiger charge is 2.12. The maximum Gasteiger partial charge on any atom is 0.256 e. The van der Waals surface area contributed by atoms with Crippen molar-refractivity contribution in [1.82, 2.24) is 4.98 Å². The third-order valence-corrected chi connectivity index (χ3v) is 3.52. The highest BCUT2D eigenvalue weighted by Crippen LogP contribution is 2.23. The van der Waals surface area contributed by atoms with E-state index >= 15 is 0 Å². The van der Waals surface area contributed by atoms with Gasteiger partial charge in [-0.05, 0) is 48.9 Å². The number of rotatable bonds is 3. The van der Waals surface area contributed by atoms with Crippen LogP contribution in [0.2, 0.25) is 0 Å². The third kappa shape index (κ3) is 2.48. The van der Waals surface area contributed by atoms with E-state index in [-0.39, 0.29) is 5.91 Å². The molecule has 0 aliphatic rings. The van der Waals surface area contributed by atoms with Gasteiger partial charge in [-0.15, -0.1) is 0 Å². The fraction of sp³-hybridized carbons (Fsp3) is 0.118. The molecule has 3 rings (SSSR count). The fourth-order valence-electron chi connectivity index (χ4n) is 2.38. The van der Waals surface area contributed by atoms with Crippen LogP contribution in [0, 0.1) is 6.92 Å². The van der Waals surface area contributed by atoms with E-state index in [1.165, 1.54) is 0 Å². The number of aryl methyl sites for hydroxylation is 1. The number of hydrogen-bond donors (Lipinski definition) is 2. The number of carbonyl (C=O) groups excluding carboxylic acids is 1. The van der Waals surface area contributed by atoms with Crippen molar-refractivity contribution >= 4 is 22.5 Å². The normalized spacial score (nSPS) is 10.6. The van der Waals surface area contributed by atoms with Crippen molar-refractivity contribution in [3.8, 4) is 5.75 Å². The van der Waals surface area contributed by atoms with Crippen LogP contribution in [0.4, 0.5) is 5.69 Å². The highest BCUT2D eigenvalue weighted by molar-refractivity contribution is 6.12. The van der Waals surface area contributed by atoms with Gasteiger partial charge in [0.2, 0.25) is 0 Å². The van der Waals surface area contributed by atoms with Crippen molar-refractivity contribution in [2.45, 2.75) is 6.92 Å². The summed E-state index contributed by atoms with van der Waals surface area (Å²) in [5, 5.41) is 3.87. The van der Waals surface area contributed by atoms with E-state index in [1.807, 2.05) is 55.6 Å². The van der Waals surface area contributed by atoms with E-state index in [0.29, 0.717) is 5.56 Å². The zero-order valence-electron chi connectivity index (χ0n) is 11.9. The van der Waals surface area contributed by atoms with Gasteiger partial charge in [-0.3, -0.25) is 4.79 Å². The number of methoxy groups -OCH3 is 1. The Morgan fingerprint density at radius 1 is 1.19 bits per heavy atom. The van der Waals surface area contributed by atoms with E-state index in [1.54, 1.807) is 7.11 Å². The molecule has 3 aromatic rings. The van der Waals surface area contributed by atoms with Crippen LogP contribution in [-0.4, -0.2) is 18.0 Å². The number of amides is 1. The van der Waals surface area contributed by atoms with Gasteiger partial charge in [-0.1, -0.05) is 6.07 Å². The van der Waals surface area contributed by atoms with Gasteiger partial charge in [-0.2, -0.15) is 0 Å². The minimum atomic E-state index is -0.117. The predicted octanol–water partition coefficient (Wildman–Crippen LogP) is 3.74. The van der Waals surface area contributed by atoms with E-state index in [4.69, 9.17) is 4.74 Å². The minimum Gasteiger partial charge on any atom is -0.497 e. The molecule has 106 valence electrons. The summed E-state index contributed by atoms with van der Waals surface area (Å²) in [5.74, 6) is 0.659. The van der Waals surface area contributed by atoms with E-state index < -0.39 is 0 Å². The van der Waals surface area contributed by atoms with Gasteiger partial charge >= 0.3 is 0 Å². The number of aromatic nitrogens is 1. The van der Waals surface area contributed by atoms with Crippen molar-refractivity contribution < 1.29 is 9.53 Å². The lowest BCUT2D eigenvalue weighted by atomic mass is 10.1. The van der Waals surface area contributed by atoms with Crippen molar-refractivity contribution in [2.24, 2.45) is 0 Å². The summed E-state index contributed by atoms with van der Waals surface area (Å²) < 4.78 is 5.17. The molecule has 0 bridgehead atoms. The molecule has 0 atom stereocenters. The lowest BCUT2D eigenvalue weighted by Crippen LogP contribution is -2.13. The second kappa shape index (κ2) is 5.32. The number of carbonyl (C=O) groups is 1. The standard InChI is InChI=1S/C17H16N2O2/c1-11-10-12(21-2)6-7-15(11)19-17(20)14-4-3-5-16-13(14)8-9-18-16/h3-10,18H,1-2H3,(H,19,20). The van der Waals surface area contributed by atoms with Gasteiger partial charge < -0.3 is 15.0 Å². The van der Waals surface area contributed by atoms with Crippen molar-refractivity contribution in [2.75, 3.05) is 12.4 Å². The molecule has 2 N–H and O–H groups in total. The van der Waals surface area contributed by atoms with E-state index in [2.05, 4.69) is 10.3 Å². The maximum atomic E-state index is 12.5. The molecule has 0 unspecified atom stereocenters. The molecule has 4 nitrogen and oxygen atoms in total. The topological polar surface area (TPSA) is 54.1 Å². The first-order valence-electron chi connectivity index (χ1n) is 6.71. The van der Waals surface area contributed by atoms with Crippen LogP contribution in [0.15, 0.2) is 48.7 Å². The minimum absolute atomic E-state index is 0.117. The van der Waals surface area contributed by atoms with Crippen LogP contribution in [0.3, 0.4) is 0 Å². The van der Waals surface area contributed by atoms with Crippen LogP contribution in [0.1, 0.15) is 15.9 Å². The zero-order valence-corrected chi connectivity index (χ0v) is 11.9. The number of anilines is 1. The number of ether oxygens (including phenoxy) is 1. The molecule has 0 fully saturated rings. The highest BCUT2D eigenvalue weighted by atomic mass is 16.5. The Balaban J connectivity index is 1.91. The molecule has 0 aliphatic heterocycles. The second-order valence-electron chi connectivity index (χ2n) is 4.88. The van der Waals surface area contributed by atoms with Crippen molar-refractivity contribution in [3.05, 3.63) is 59.8 Å². The van der Waals surface area contributed by atoms with Gasteiger partial charge in [-0.25, -0.2) is 0 Å². The monoisotopic (exact) mass is 280 g/mol. The van der Waals surface area contributed by atoms with Crippen molar-refractivity contribution in [3.63, 3.8) is 0 Å². The number of aromatic amines is 1. The first-order chi connectivity index (χ1) is 10.2. The zero-order chi connectivity index (χ0) is 14.8. The number of nitrogens with one attached hydrogen (secondary N) is 2. The first kappa shape index (κ1) is 13.2. The quantitative estimate of drug-likeness (QED) is 0.768.